The average Bonchev–Trinajstić information content (AvgIpc) is 3.25. The van der Waals surface area contributed by atoms with Crippen molar-refractivity contribution in [2.24, 2.45) is 4.99 Å². The van der Waals surface area contributed by atoms with Gasteiger partial charge in [-0.25, -0.2) is 9.37 Å². The minimum atomic E-state index is -0.226. The first-order valence-corrected chi connectivity index (χ1v) is 9.59. The number of hydrogen-bond acceptors (Lipinski definition) is 3. The molecule has 0 saturated carbocycles. The fourth-order valence-electron chi connectivity index (χ4n) is 2.73. The Bertz CT molecular complexity index is 896. The second kappa shape index (κ2) is 8.31. The van der Waals surface area contributed by atoms with E-state index >= 15 is 0 Å². The van der Waals surface area contributed by atoms with Crippen LogP contribution in [-0.4, -0.2) is 29.5 Å². The number of aromatic nitrogens is 2. The number of halogens is 1. The van der Waals surface area contributed by atoms with Crippen molar-refractivity contribution in [3.8, 4) is 0 Å². The topological polar surface area (TPSA) is 65.1 Å². The summed E-state index contributed by atoms with van der Waals surface area (Å²) in [6.45, 7) is 5.68. The van der Waals surface area contributed by atoms with Gasteiger partial charge in [-0.3, -0.25) is 4.99 Å². The van der Waals surface area contributed by atoms with Crippen molar-refractivity contribution < 1.29 is 4.39 Å². The van der Waals surface area contributed by atoms with Gasteiger partial charge in [-0.05, 0) is 36.1 Å². The number of thiazole rings is 1. The lowest BCUT2D eigenvalue weighted by atomic mass is 10.1. The largest absolute Gasteiger partial charge is 0.361 e. The zero-order chi connectivity index (χ0) is 18.5. The summed E-state index contributed by atoms with van der Waals surface area (Å²) in [4.78, 5) is 12.0. The van der Waals surface area contributed by atoms with E-state index in [0.29, 0.717) is 12.5 Å². The van der Waals surface area contributed by atoms with E-state index in [2.05, 4.69) is 44.8 Å². The van der Waals surface area contributed by atoms with Crippen molar-refractivity contribution in [1.29, 1.82) is 0 Å². The Balaban J connectivity index is 1.50. The molecule has 0 saturated heterocycles. The molecule has 26 heavy (non-hydrogen) atoms. The molecule has 7 heteroatoms. The van der Waals surface area contributed by atoms with Gasteiger partial charge in [0.25, 0.3) is 0 Å². The lowest BCUT2D eigenvalue weighted by Gasteiger charge is -2.10. The summed E-state index contributed by atoms with van der Waals surface area (Å²) in [6.07, 6.45) is 2.76. The summed E-state index contributed by atoms with van der Waals surface area (Å²) < 4.78 is 13.3. The van der Waals surface area contributed by atoms with Crippen molar-refractivity contribution >= 4 is 28.2 Å². The molecular weight excluding hydrogens is 349 g/mol. The van der Waals surface area contributed by atoms with E-state index < -0.39 is 0 Å². The molecule has 5 nitrogen and oxygen atoms in total. The van der Waals surface area contributed by atoms with Gasteiger partial charge in [0.15, 0.2) is 5.96 Å². The number of rotatable bonds is 6. The number of nitrogens with zero attached hydrogens (tertiary/aromatic N) is 2. The van der Waals surface area contributed by atoms with E-state index in [1.54, 1.807) is 18.4 Å². The van der Waals surface area contributed by atoms with Gasteiger partial charge in [0.1, 0.15) is 10.8 Å². The molecule has 138 valence electrons. The van der Waals surface area contributed by atoms with Gasteiger partial charge in [0, 0.05) is 36.1 Å². The van der Waals surface area contributed by atoms with Crippen LogP contribution in [0.3, 0.4) is 0 Å². The molecule has 0 aliphatic heterocycles. The third-order valence-electron chi connectivity index (χ3n) is 4.21. The Morgan fingerprint density at radius 2 is 2.19 bits per heavy atom. The minimum Gasteiger partial charge on any atom is -0.361 e. The first kappa shape index (κ1) is 18.4. The summed E-state index contributed by atoms with van der Waals surface area (Å²) in [5.41, 5.74) is 3.11. The molecule has 0 fully saturated rings. The molecule has 0 atom stereocenters. The van der Waals surface area contributed by atoms with Crippen molar-refractivity contribution in [2.75, 3.05) is 13.6 Å². The molecule has 0 unspecified atom stereocenters. The third kappa shape index (κ3) is 4.40. The smallest absolute Gasteiger partial charge is 0.191 e. The van der Waals surface area contributed by atoms with Gasteiger partial charge in [0.05, 0.1) is 12.2 Å². The number of nitrogens with one attached hydrogen (secondary N) is 3. The normalized spacial score (nSPS) is 12.1. The number of fused-ring (bicyclic) bond motifs is 1. The van der Waals surface area contributed by atoms with Gasteiger partial charge >= 0.3 is 0 Å². The van der Waals surface area contributed by atoms with Crippen LogP contribution in [0.4, 0.5) is 4.39 Å². The summed E-state index contributed by atoms with van der Waals surface area (Å²) in [7, 11) is 1.76. The van der Waals surface area contributed by atoms with Gasteiger partial charge < -0.3 is 15.6 Å². The number of aromatic amines is 1. The number of H-pyrrole nitrogens is 1. The third-order valence-corrected chi connectivity index (χ3v) is 5.08. The summed E-state index contributed by atoms with van der Waals surface area (Å²) in [6, 6.07) is 4.83. The van der Waals surface area contributed by atoms with Crippen LogP contribution < -0.4 is 10.6 Å². The van der Waals surface area contributed by atoms with Crippen LogP contribution in [0, 0.1) is 5.82 Å². The second-order valence-electron chi connectivity index (χ2n) is 6.43. The maximum Gasteiger partial charge on any atom is 0.191 e. The van der Waals surface area contributed by atoms with Crippen molar-refractivity contribution in [3.63, 3.8) is 0 Å². The van der Waals surface area contributed by atoms with Gasteiger partial charge in [-0.1, -0.05) is 13.8 Å². The van der Waals surface area contributed by atoms with Crippen molar-refractivity contribution in [1.82, 2.24) is 20.6 Å². The average molecular weight is 374 g/mol. The van der Waals surface area contributed by atoms with Gasteiger partial charge in [-0.2, -0.15) is 0 Å². The molecule has 0 amide bonds. The first-order chi connectivity index (χ1) is 12.6. The fraction of sp³-hybridized carbons (Fsp3) is 0.368. The molecule has 3 aromatic rings. The Hall–Kier alpha value is -2.41. The molecule has 0 bridgehead atoms. The maximum absolute atomic E-state index is 13.3. The predicted molar refractivity (Wildman–Crippen MR) is 106 cm³/mol. The molecule has 3 N–H and O–H groups in total. The van der Waals surface area contributed by atoms with Gasteiger partial charge in [-0.15, -0.1) is 11.3 Å². The van der Waals surface area contributed by atoms with E-state index in [9.17, 15) is 4.39 Å². The Kier molecular flexibility index (Phi) is 5.88. The Morgan fingerprint density at radius 3 is 2.92 bits per heavy atom. The highest BCUT2D eigenvalue weighted by Crippen LogP contribution is 2.19. The predicted octanol–water partition coefficient (Wildman–Crippen LogP) is 3.79. The van der Waals surface area contributed by atoms with Crippen LogP contribution in [0.25, 0.3) is 10.9 Å². The molecule has 0 aliphatic rings. The molecule has 3 rings (SSSR count). The zero-order valence-corrected chi connectivity index (χ0v) is 16.1. The van der Waals surface area contributed by atoms with Crippen molar-refractivity contribution in [2.45, 2.75) is 32.7 Å². The Morgan fingerprint density at radius 1 is 1.35 bits per heavy atom. The van der Waals surface area contributed by atoms with E-state index in [0.717, 1.165) is 46.1 Å². The monoisotopic (exact) mass is 373 g/mol. The molecule has 0 spiro atoms. The van der Waals surface area contributed by atoms with Crippen molar-refractivity contribution in [3.05, 3.63) is 51.9 Å². The minimum absolute atomic E-state index is 0.226. The number of benzene rings is 1. The highest BCUT2D eigenvalue weighted by atomic mass is 32.1. The summed E-state index contributed by atoms with van der Waals surface area (Å²) in [5, 5.41) is 10.8. The molecule has 1 aromatic carbocycles. The van der Waals surface area contributed by atoms with Crippen LogP contribution in [0.5, 0.6) is 0 Å². The lowest BCUT2D eigenvalue weighted by molar-refractivity contribution is 0.629. The lowest BCUT2D eigenvalue weighted by Crippen LogP contribution is -2.37. The molecule has 0 radical (unpaired) electrons. The molecule has 2 heterocycles. The highest BCUT2D eigenvalue weighted by molar-refractivity contribution is 7.09. The van der Waals surface area contributed by atoms with Crippen LogP contribution in [-0.2, 0) is 13.0 Å². The highest BCUT2D eigenvalue weighted by Gasteiger charge is 2.07. The quantitative estimate of drug-likeness (QED) is 0.455. The van der Waals surface area contributed by atoms with Crippen LogP contribution in [0.1, 0.15) is 36.0 Å². The van der Waals surface area contributed by atoms with E-state index in [1.807, 2.05) is 12.3 Å². The summed E-state index contributed by atoms with van der Waals surface area (Å²) in [5.74, 6) is 0.968. The summed E-state index contributed by atoms with van der Waals surface area (Å²) >= 11 is 1.66. The second-order valence-corrected chi connectivity index (χ2v) is 7.37. The SMILES string of the molecule is CN=C(NCCc1c[nH]c2cc(F)ccc12)NCc1nc(C(C)C)cs1. The molecule has 0 aliphatic carbocycles. The van der Waals surface area contributed by atoms with E-state index in [4.69, 9.17) is 0 Å². The fourth-order valence-corrected chi connectivity index (χ4v) is 3.63. The van der Waals surface area contributed by atoms with Gasteiger partial charge in [0.2, 0.25) is 0 Å². The van der Waals surface area contributed by atoms with E-state index in [-0.39, 0.29) is 5.82 Å². The number of hydrogen-bond donors (Lipinski definition) is 3. The maximum atomic E-state index is 13.3. The number of aliphatic imine (C=N–C) groups is 1. The van der Waals surface area contributed by atoms with E-state index in [1.165, 1.54) is 12.1 Å². The van der Waals surface area contributed by atoms with Crippen LogP contribution in [0.15, 0.2) is 34.8 Å². The van der Waals surface area contributed by atoms with Crippen LogP contribution >= 0.6 is 11.3 Å². The van der Waals surface area contributed by atoms with Crippen LogP contribution in [0.2, 0.25) is 0 Å². The number of guanidine groups is 1. The standard InChI is InChI=1S/C19H24FN5S/c1-12(2)17-11-26-18(25-17)10-24-19(21-3)22-7-6-13-9-23-16-8-14(20)4-5-15(13)16/h4-5,8-9,11-12,23H,6-7,10H2,1-3H3,(H2,21,22,24). The molecule has 2 aromatic heterocycles. The zero-order valence-electron chi connectivity index (χ0n) is 15.3. The molecular formula is C19H24FN5S. The Labute approximate surface area is 156 Å². The first-order valence-electron chi connectivity index (χ1n) is 8.71.